The number of hydrogen-bond acceptors (Lipinski definition) is 4. The number of benzene rings is 1. The van der Waals surface area contributed by atoms with Crippen LogP contribution in [0.2, 0.25) is 0 Å². The third-order valence-corrected chi connectivity index (χ3v) is 6.33. The highest BCUT2D eigenvalue weighted by molar-refractivity contribution is 14.0. The van der Waals surface area contributed by atoms with Crippen LogP contribution in [0.5, 0.6) is 0 Å². The van der Waals surface area contributed by atoms with Gasteiger partial charge in [0, 0.05) is 52.2 Å². The summed E-state index contributed by atoms with van der Waals surface area (Å²) in [7, 11) is 0. The standard InChI is InChI=1S/C23H35N5O2.HI/c1-2-24-23(25-11-10-22(29)26-12-6-7-13-26)28-17-20-21(18-28)30-15-14-27(20)16-19-8-4-3-5-9-19;/h3-5,8-9,20-21H,2,6-7,10-18H2,1H3,(H,24,25);1H. The number of nitrogens with zero attached hydrogens (tertiary/aromatic N) is 4. The van der Waals surface area contributed by atoms with Gasteiger partial charge in [-0.15, -0.1) is 24.0 Å². The third-order valence-electron chi connectivity index (χ3n) is 6.33. The molecule has 2 unspecified atom stereocenters. The Kier molecular flexibility index (Phi) is 9.40. The predicted molar refractivity (Wildman–Crippen MR) is 134 cm³/mol. The number of likely N-dealkylation sites (tertiary alicyclic amines) is 2. The van der Waals surface area contributed by atoms with Crippen molar-refractivity contribution in [3.05, 3.63) is 35.9 Å². The van der Waals surface area contributed by atoms with Crippen molar-refractivity contribution in [2.24, 2.45) is 4.99 Å². The number of nitrogens with one attached hydrogen (secondary N) is 1. The third kappa shape index (κ3) is 6.32. The van der Waals surface area contributed by atoms with Gasteiger partial charge in [0.1, 0.15) is 0 Å². The van der Waals surface area contributed by atoms with Crippen molar-refractivity contribution in [2.75, 3.05) is 52.4 Å². The number of guanidine groups is 1. The van der Waals surface area contributed by atoms with Gasteiger partial charge in [0.15, 0.2) is 5.96 Å². The lowest BCUT2D eigenvalue weighted by Crippen LogP contribution is -2.50. The number of morpholine rings is 1. The number of ether oxygens (including phenoxy) is 1. The van der Waals surface area contributed by atoms with E-state index in [1.807, 2.05) is 4.90 Å². The summed E-state index contributed by atoms with van der Waals surface area (Å²) in [5.74, 6) is 1.14. The maximum Gasteiger partial charge on any atom is 0.224 e. The number of hydrogen-bond donors (Lipinski definition) is 1. The first-order chi connectivity index (χ1) is 14.7. The average molecular weight is 541 g/mol. The summed E-state index contributed by atoms with van der Waals surface area (Å²) >= 11 is 0. The summed E-state index contributed by atoms with van der Waals surface area (Å²) < 4.78 is 6.11. The van der Waals surface area contributed by atoms with Gasteiger partial charge in [-0.2, -0.15) is 0 Å². The second-order valence-electron chi connectivity index (χ2n) is 8.41. The fraction of sp³-hybridized carbons (Fsp3) is 0.652. The number of rotatable bonds is 6. The van der Waals surface area contributed by atoms with Gasteiger partial charge in [0.05, 0.1) is 25.3 Å². The lowest BCUT2D eigenvalue weighted by atomic mass is 10.1. The molecule has 3 fully saturated rings. The maximum absolute atomic E-state index is 12.3. The molecule has 3 saturated heterocycles. The first kappa shape index (κ1) is 24.3. The normalized spacial score (nSPS) is 24.1. The zero-order valence-corrected chi connectivity index (χ0v) is 20.9. The molecule has 7 nitrogen and oxygen atoms in total. The van der Waals surface area contributed by atoms with Crippen molar-refractivity contribution in [3.8, 4) is 0 Å². The molecular formula is C23H36IN5O2. The van der Waals surface area contributed by atoms with Crippen LogP contribution in [-0.4, -0.2) is 91.1 Å². The Balaban J connectivity index is 0.00000272. The minimum Gasteiger partial charge on any atom is -0.373 e. The maximum atomic E-state index is 12.3. The Labute approximate surface area is 203 Å². The SMILES string of the molecule is CCNC(=NCCC(=O)N1CCCC1)N1CC2OCCN(Cc3ccccc3)C2C1.I. The molecule has 0 saturated carbocycles. The number of fused-ring (bicyclic) bond motifs is 1. The Morgan fingerprint density at radius 2 is 1.90 bits per heavy atom. The molecule has 0 bridgehead atoms. The quantitative estimate of drug-likeness (QED) is 0.340. The molecule has 3 aliphatic heterocycles. The van der Waals surface area contributed by atoms with Crippen LogP contribution in [0, 0.1) is 0 Å². The first-order valence-electron chi connectivity index (χ1n) is 11.4. The Morgan fingerprint density at radius 1 is 1.13 bits per heavy atom. The predicted octanol–water partition coefficient (Wildman–Crippen LogP) is 2.17. The molecule has 1 aromatic rings. The lowest BCUT2D eigenvalue weighted by Gasteiger charge is -2.36. The van der Waals surface area contributed by atoms with Crippen molar-refractivity contribution in [3.63, 3.8) is 0 Å². The second kappa shape index (κ2) is 12.0. The fourth-order valence-electron chi connectivity index (χ4n) is 4.75. The Bertz CT molecular complexity index is 726. The van der Waals surface area contributed by atoms with Crippen LogP contribution in [0.3, 0.4) is 0 Å². The summed E-state index contributed by atoms with van der Waals surface area (Å²) in [5, 5.41) is 3.42. The van der Waals surface area contributed by atoms with Crippen molar-refractivity contribution >= 4 is 35.8 Å². The largest absolute Gasteiger partial charge is 0.373 e. The molecule has 0 aliphatic carbocycles. The molecule has 4 rings (SSSR count). The van der Waals surface area contributed by atoms with E-state index in [2.05, 4.69) is 52.4 Å². The van der Waals surface area contributed by atoms with Gasteiger partial charge < -0.3 is 19.9 Å². The molecule has 1 N–H and O–H groups in total. The van der Waals surface area contributed by atoms with Crippen LogP contribution < -0.4 is 5.32 Å². The van der Waals surface area contributed by atoms with Crippen molar-refractivity contribution in [1.82, 2.24) is 20.0 Å². The van der Waals surface area contributed by atoms with E-state index in [1.165, 1.54) is 5.56 Å². The molecule has 1 amide bonds. The summed E-state index contributed by atoms with van der Waals surface area (Å²) in [4.78, 5) is 23.9. The zero-order chi connectivity index (χ0) is 20.8. The van der Waals surface area contributed by atoms with Crippen LogP contribution in [0.25, 0.3) is 0 Å². The van der Waals surface area contributed by atoms with Gasteiger partial charge in [-0.25, -0.2) is 0 Å². The molecule has 8 heteroatoms. The van der Waals surface area contributed by atoms with Gasteiger partial charge in [0.2, 0.25) is 5.91 Å². The summed E-state index contributed by atoms with van der Waals surface area (Å²) in [6.07, 6.45) is 2.96. The Hall–Kier alpha value is -1.39. The number of amides is 1. The number of halogens is 1. The molecule has 0 spiro atoms. The van der Waals surface area contributed by atoms with Crippen LogP contribution in [0.4, 0.5) is 0 Å². The topological polar surface area (TPSA) is 60.4 Å². The summed E-state index contributed by atoms with van der Waals surface area (Å²) in [6, 6.07) is 11.0. The highest BCUT2D eigenvalue weighted by Gasteiger charge is 2.41. The molecule has 1 aromatic carbocycles. The summed E-state index contributed by atoms with van der Waals surface area (Å²) in [5.41, 5.74) is 1.34. The molecule has 3 aliphatic rings. The minimum absolute atomic E-state index is 0. The van der Waals surface area contributed by atoms with Crippen LogP contribution in [0.1, 0.15) is 31.7 Å². The van der Waals surface area contributed by atoms with E-state index in [0.29, 0.717) is 19.0 Å². The molecule has 0 radical (unpaired) electrons. The average Bonchev–Trinajstić information content (AvgIpc) is 3.44. The molecule has 3 heterocycles. The highest BCUT2D eigenvalue weighted by Crippen LogP contribution is 2.24. The summed E-state index contributed by atoms with van der Waals surface area (Å²) in [6.45, 7) is 9.72. The molecular weight excluding hydrogens is 505 g/mol. The van der Waals surface area contributed by atoms with Gasteiger partial charge in [-0.1, -0.05) is 30.3 Å². The monoisotopic (exact) mass is 541 g/mol. The Morgan fingerprint density at radius 3 is 2.65 bits per heavy atom. The number of aliphatic imine (C=N–C) groups is 1. The van der Waals surface area contributed by atoms with E-state index in [4.69, 9.17) is 9.73 Å². The molecule has 172 valence electrons. The molecule has 2 atom stereocenters. The fourth-order valence-corrected chi connectivity index (χ4v) is 4.75. The number of carbonyl (C=O) groups excluding carboxylic acids is 1. The van der Waals surface area contributed by atoms with Crippen LogP contribution in [0.15, 0.2) is 35.3 Å². The number of carbonyl (C=O) groups is 1. The van der Waals surface area contributed by atoms with Crippen molar-refractivity contribution in [2.45, 2.75) is 44.9 Å². The highest BCUT2D eigenvalue weighted by atomic mass is 127. The van der Waals surface area contributed by atoms with Crippen LogP contribution >= 0.6 is 24.0 Å². The van der Waals surface area contributed by atoms with E-state index < -0.39 is 0 Å². The lowest BCUT2D eigenvalue weighted by molar-refractivity contribution is -0.129. The van der Waals surface area contributed by atoms with Crippen molar-refractivity contribution in [1.29, 1.82) is 0 Å². The minimum atomic E-state index is 0. The van der Waals surface area contributed by atoms with Gasteiger partial charge in [-0.05, 0) is 25.3 Å². The van der Waals surface area contributed by atoms with E-state index in [-0.39, 0.29) is 36.0 Å². The van der Waals surface area contributed by atoms with E-state index >= 15 is 0 Å². The van der Waals surface area contributed by atoms with E-state index in [9.17, 15) is 4.79 Å². The van der Waals surface area contributed by atoms with Crippen LogP contribution in [-0.2, 0) is 16.1 Å². The van der Waals surface area contributed by atoms with Crippen molar-refractivity contribution < 1.29 is 9.53 Å². The van der Waals surface area contributed by atoms with E-state index in [0.717, 1.165) is 71.2 Å². The zero-order valence-electron chi connectivity index (χ0n) is 18.5. The van der Waals surface area contributed by atoms with Gasteiger partial charge >= 0.3 is 0 Å². The molecule has 31 heavy (non-hydrogen) atoms. The van der Waals surface area contributed by atoms with Gasteiger partial charge in [0.25, 0.3) is 0 Å². The second-order valence-corrected chi connectivity index (χ2v) is 8.41. The first-order valence-corrected chi connectivity index (χ1v) is 11.4. The smallest absolute Gasteiger partial charge is 0.224 e. The van der Waals surface area contributed by atoms with Gasteiger partial charge in [-0.3, -0.25) is 14.7 Å². The van der Waals surface area contributed by atoms with E-state index in [1.54, 1.807) is 0 Å². The molecule has 0 aromatic heterocycles.